The summed E-state index contributed by atoms with van der Waals surface area (Å²) in [7, 11) is 0. The Morgan fingerprint density at radius 3 is 2.34 bits per heavy atom. The molecule has 1 N–H and O–H groups in total. The molecule has 0 atom stereocenters. The number of fused-ring (bicyclic) bond motifs is 1. The minimum absolute atomic E-state index is 0.00821. The quantitative estimate of drug-likeness (QED) is 0.463. The van der Waals surface area contributed by atoms with Gasteiger partial charge in [-0.25, -0.2) is 13.8 Å². The van der Waals surface area contributed by atoms with Crippen LogP contribution in [-0.4, -0.2) is 21.1 Å². The number of carbonyl (C=O) groups is 1. The number of para-hydroxylation sites is 1. The van der Waals surface area contributed by atoms with Crippen molar-refractivity contribution in [1.29, 1.82) is 0 Å². The summed E-state index contributed by atoms with van der Waals surface area (Å²) in [5.74, 6) is -0.443. The van der Waals surface area contributed by atoms with E-state index in [2.05, 4.69) is 5.32 Å². The highest BCUT2D eigenvalue weighted by Crippen LogP contribution is 2.18. The van der Waals surface area contributed by atoms with Crippen molar-refractivity contribution in [3.63, 3.8) is 0 Å². The van der Waals surface area contributed by atoms with Gasteiger partial charge in [0.05, 0.1) is 29.6 Å². The molecular formula is C28H26FN3O3. The van der Waals surface area contributed by atoms with Crippen LogP contribution in [0.1, 0.15) is 36.8 Å². The van der Waals surface area contributed by atoms with Crippen LogP contribution in [-0.2, 0) is 17.8 Å². The average molecular weight is 472 g/mol. The van der Waals surface area contributed by atoms with Crippen molar-refractivity contribution in [2.24, 2.45) is 0 Å². The fourth-order valence-electron chi connectivity index (χ4n) is 4.80. The van der Waals surface area contributed by atoms with Gasteiger partial charge in [0.25, 0.3) is 5.56 Å². The summed E-state index contributed by atoms with van der Waals surface area (Å²) >= 11 is 0. The standard InChI is InChI=1S/C28H26FN3O3/c29-24-11-5-1-7-20(24)18-31-25-12-6-4-10-23(25)27(34)32(28(31)35)22-15-13-19(14-16-22)17-26(33)30-21-8-2-3-9-21/h1,4-7,10-16,21H,2-3,8-9,17-18H2,(H,30,33). The van der Waals surface area contributed by atoms with Gasteiger partial charge in [0, 0.05) is 11.6 Å². The van der Waals surface area contributed by atoms with Crippen LogP contribution in [0.15, 0.2) is 82.4 Å². The molecule has 0 unspecified atom stereocenters. The van der Waals surface area contributed by atoms with Crippen molar-refractivity contribution in [3.05, 3.63) is 111 Å². The van der Waals surface area contributed by atoms with Crippen LogP contribution in [0, 0.1) is 5.82 Å². The van der Waals surface area contributed by atoms with Gasteiger partial charge in [-0.1, -0.05) is 55.3 Å². The monoisotopic (exact) mass is 471 g/mol. The number of carbonyl (C=O) groups excluding carboxylic acids is 1. The molecule has 0 saturated heterocycles. The van der Waals surface area contributed by atoms with E-state index in [1.165, 1.54) is 10.6 Å². The first-order chi connectivity index (χ1) is 17.0. The number of nitrogens with one attached hydrogen (secondary N) is 1. The van der Waals surface area contributed by atoms with E-state index in [-0.39, 0.29) is 24.9 Å². The molecule has 0 bridgehead atoms. The van der Waals surface area contributed by atoms with Crippen LogP contribution >= 0.6 is 0 Å². The lowest BCUT2D eigenvalue weighted by molar-refractivity contribution is -0.121. The van der Waals surface area contributed by atoms with E-state index in [4.69, 9.17) is 0 Å². The van der Waals surface area contributed by atoms with E-state index >= 15 is 0 Å². The van der Waals surface area contributed by atoms with E-state index in [1.807, 2.05) is 0 Å². The van der Waals surface area contributed by atoms with Crippen molar-refractivity contribution in [2.45, 2.75) is 44.7 Å². The number of hydrogen-bond acceptors (Lipinski definition) is 3. The molecule has 1 saturated carbocycles. The lowest BCUT2D eigenvalue weighted by Crippen LogP contribution is -2.39. The van der Waals surface area contributed by atoms with Gasteiger partial charge in [0.15, 0.2) is 0 Å². The third-order valence-corrected chi connectivity index (χ3v) is 6.62. The zero-order valence-electron chi connectivity index (χ0n) is 19.2. The molecule has 1 aromatic heterocycles. The molecule has 1 aliphatic rings. The maximum Gasteiger partial charge on any atom is 0.336 e. The molecular weight excluding hydrogens is 445 g/mol. The van der Waals surface area contributed by atoms with Gasteiger partial charge in [-0.15, -0.1) is 0 Å². The van der Waals surface area contributed by atoms with Gasteiger partial charge >= 0.3 is 5.69 Å². The Bertz CT molecular complexity index is 1500. The van der Waals surface area contributed by atoms with Crippen LogP contribution in [0.25, 0.3) is 16.6 Å². The summed E-state index contributed by atoms with van der Waals surface area (Å²) in [6.45, 7) is -0.00821. The lowest BCUT2D eigenvalue weighted by atomic mass is 10.1. The summed E-state index contributed by atoms with van der Waals surface area (Å²) in [4.78, 5) is 39.2. The Balaban J connectivity index is 1.50. The third-order valence-electron chi connectivity index (χ3n) is 6.62. The molecule has 1 aliphatic carbocycles. The van der Waals surface area contributed by atoms with Gasteiger partial charge in [0.2, 0.25) is 5.91 Å². The SMILES string of the molecule is O=C(Cc1ccc(-n2c(=O)c3ccccc3n(Cc3ccccc3F)c2=O)cc1)NC1CCCC1. The minimum atomic E-state index is -0.552. The van der Waals surface area contributed by atoms with Crippen molar-refractivity contribution in [3.8, 4) is 5.69 Å². The number of hydrogen-bond donors (Lipinski definition) is 1. The van der Waals surface area contributed by atoms with Crippen LogP contribution in [0.5, 0.6) is 0 Å². The second kappa shape index (κ2) is 9.70. The summed E-state index contributed by atoms with van der Waals surface area (Å²) in [6, 6.07) is 20.2. The van der Waals surface area contributed by atoms with Gasteiger partial charge < -0.3 is 5.32 Å². The highest BCUT2D eigenvalue weighted by Gasteiger charge is 2.18. The van der Waals surface area contributed by atoms with Crippen LogP contribution < -0.4 is 16.6 Å². The summed E-state index contributed by atoms with van der Waals surface area (Å²) in [5.41, 5.74) is 0.999. The Morgan fingerprint density at radius 1 is 0.914 bits per heavy atom. The Kier molecular flexibility index (Phi) is 6.31. The van der Waals surface area contributed by atoms with E-state index in [0.717, 1.165) is 35.8 Å². The minimum Gasteiger partial charge on any atom is -0.353 e. The van der Waals surface area contributed by atoms with E-state index in [0.29, 0.717) is 22.2 Å². The highest BCUT2D eigenvalue weighted by atomic mass is 19.1. The second-order valence-electron chi connectivity index (χ2n) is 9.01. The molecule has 3 aromatic carbocycles. The van der Waals surface area contributed by atoms with Crippen LogP contribution in [0.3, 0.4) is 0 Å². The molecule has 1 fully saturated rings. The molecule has 178 valence electrons. The molecule has 0 spiro atoms. The van der Waals surface area contributed by atoms with Crippen molar-refractivity contribution in [1.82, 2.24) is 14.5 Å². The largest absolute Gasteiger partial charge is 0.353 e. The molecule has 4 aromatic rings. The van der Waals surface area contributed by atoms with Gasteiger partial charge in [-0.2, -0.15) is 0 Å². The van der Waals surface area contributed by atoms with E-state index in [1.54, 1.807) is 66.7 Å². The molecule has 1 amide bonds. The Morgan fingerprint density at radius 2 is 1.60 bits per heavy atom. The fourth-order valence-corrected chi connectivity index (χ4v) is 4.80. The summed E-state index contributed by atoms with van der Waals surface area (Å²) in [5, 5.41) is 3.43. The number of amides is 1. The van der Waals surface area contributed by atoms with Crippen molar-refractivity contribution < 1.29 is 9.18 Å². The molecule has 6 nitrogen and oxygen atoms in total. The summed E-state index contributed by atoms with van der Waals surface area (Å²) in [6.07, 6.45) is 4.58. The van der Waals surface area contributed by atoms with Gasteiger partial charge in [-0.3, -0.25) is 14.2 Å². The van der Waals surface area contributed by atoms with Crippen molar-refractivity contribution in [2.75, 3.05) is 0 Å². The van der Waals surface area contributed by atoms with Crippen molar-refractivity contribution >= 4 is 16.8 Å². The van der Waals surface area contributed by atoms with Gasteiger partial charge in [0.1, 0.15) is 5.82 Å². The number of rotatable bonds is 6. The number of halogens is 1. The zero-order valence-corrected chi connectivity index (χ0v) is 19.2. The molecule has 1 heterocycles. The van der Waals surface area contributed by atoms with E-state index < -0.39 is 17.1 Å². The normalized spacial score (nSPS) is 13.9. The highest BCUT2D eigenvalue weighted by molar-refractivity contribution is 5.79. The smallest absolute Gasteiger partial charge is 0.336 e. The zero-order chi connectivity index (χ0) is 24.4. The number of nitrogens with zero attached hydrogens (tertiary/aromatic N) is 2. The molecule has 5 rings (SSSR count). The maximum absolute atomic E-state index is 14.4. The third kappa shape index (κ3) is 4.67. The first-order valence-corrected chi connectivity index (χ1v) is 11.9. The Labute approximate surface area is 201 Å². The van der Waals surface area contributed by atoms with Gasteiger partial charge in [-0.05, 0) is 48.7 Å². The molecule has 0 aliphatic heterocycles. The van der Waals surface area contributed by atoms with Crippen LogP contribution in [0.4, 0.5) is 4.39 Å². The molecule has 0 radical (unpaired) electrons. The number of benzene rings is 3. The van der Waals surface area contributed by atoms with Crippen LogP contribution in [0.2, 0.25) is 0 Å². The maximum atomic E-state index is 14.4. The Hall–Kier alpha value is -4.00. The average Bonchev–Trinajstić information content (AvgIpc) is 3.37. The predicted octanol–water partition coefficient (Wildman–Crippen LogP) is 3.94. The molecule has 35 heavy (non-hydrogen) atoms. The van der Waals surface area contributed by atoms with E-state index in [9.17, 15) is 18.8 Å². The summed E-state index contributed by atoms with van der Waals surface area (Å²) < 4.78 is 16.9. The predicted molar refractivity (Wildman–Crippen MR) is 133 cm³/mol. The first-order valence-electron chi connectivity index (χ1n) is 11.9. The second-order valence-corrected chi connectivity index (χ2v) is 9.01. The fraction of sp³-hybridized carbons (Fsp3) is 0.250. The first kappa shape index (κ1) is 22.8. The number of aromatic nitrogens is 2. The lowest BCUT2D eigenvalue weighted by Gasteiger charge is -2.15. The topological polar surface area (TPSA) is 73.1 Å². The molecule has 7 heteroatoms.